The molecule has 2 aliphatic rings. The van der Waals surface area contributed by atoms with E-state index in [-0.39, 0.29) is 17.8 Å². The fraction of sp³-hybridized carbons (Fsp3) is 0.586. The van der Waals surface area contributed by atoms with Gasteiger partial charge in [-0.15, -0.1) is 0 Å². The number of hydrogen-bond donors (Lipinski definition) is 0. The van der Waals surface area contributed by atoms with Crippen molar-refractivity contribution in [3.63, 3.8) is 0 Å². The molecule has 4 rings (SSSR count). The molecule has 0 amide bonds. The van der Waals surface area contributed by atoms with E-state index in [9.17, 15) is 4.39 Å². The summed E-state index contributed by atoms with van der Waals surface area (Å²) in [6.45, 7) is 7.15. The van der Waals surface area contributed by atoms with Gasteiger partial charge in [0.2, 0.25) is 0 Å². The molecule has 2 atom stereocenters. The van der Waals surface area contributed by atoms with Gasteiger partial charge in [0, 0.05) is 5.92 Å². The van der Waals surface area contributed by atoms with Gasteiger partial charge in [-0.05, 0) is 92.5 Å². The summed E-state index contributed by atoms with van der Waals surface area (Å²) in [5, 5.41) is 0. The van der Waals surface area contributed by atoms with Gasteiger partial charge < -0.3 is 9.47 Å². The van der Waals surface area contributed by atoms with Gasteiger partial charge in [-0.25, -0.2) is 4.39 Å². The van der Waals surface area contributed by atoms with Gasteiger partial charge in [0.1, 0.15) is 0 Å². The molecule has 174 valence electrons. The summed E-state index contributed by atoms with van der Waals surface area (Å²) in [6.07, 6.45) is 10.3. The highest BCUT2D eigenvalue weighted by Gasteiger charge is 2.27. The second-order valence-corrected chi connectivity index (χ2v) is 9.79. The van der Waals surface area contributed by atoms with Crippen LogP contribution in [-0.4, -0.2) is 13.2 Å². The third-order valence-electron chi connectivity index (χ3n) is 7.73. The van der Waals surface area contributed by atoms with Crippen molar-refractivity contribution in [2.75, 3.05) is 13.2 Å². The Labute approximate surface area is 193 Å². The molecular weight excluding hydrogens is 399 g/mol. The van der Waals surface area contributed by atoms with Crippen LogP contribution >= 0.6 is 0 Å². The van der Waals surface area contributed by atoms with Crippen molar-refractivity contribution >= 4 is 0 Å². The first-order chi connectivity index (χ1) is 15.6. The van der Waals surface area contributed by atoms with Crippen LogP contribution in [-0.2, 0) is 4.74 Å². The number of ether oxygens (including phenoxy) is 2. The molecule has 0 bridgehead atoms. The molecule has 2 aromatic carbocycles. The summed E-state index contributed by atoms with van der Waals surface area (Å²) >= 11 is 0. The second-order valence-electron chi connectivity index (χ2n) is 9.79. The van der Waals surface area contributed by atoms with Crippen molar-refractivity contribution < 1.29 is 13.9 Å². The molecule has 1 heterocycles. The first-order valence-corrected chi connectivity index (χ1v) is 12.7. The van der Waals surface area contributed by atoms with Gasteiger partial charge >= 0.3 is 0 Å². The minimum Gasteiger partial charge on any atom is -0.491 e. The molecule has 2 fully saturated rings. The van der Waals surface area contributed by atoms with E-state index >= 15 is 0 Å². The number of halogens is 1. The van der Waals surface area contributed by atoms with Crippen molar-refractivity contribution in [2.45, 2.75) is 90.1 Å². The number of rotatable bonds is 7. The van der Waals surface area contributed by atoms with Crippen LogP contribution in [0.4, 0.5) is 4.39 Å². The van der Waals surface area contributed by atoms with Gasteiger partial charge in [-0.3, -0.25) is 0 Å². The molecule has 1 saturated heterocycles. The summed E-state index contributed by atoms with van der Waals surface area (Å²) in [6, 6.07) is 13.0. The lowest BCUT2D eigenvalue weighted by atomic mass is 9.77. The van der Waals surface area contributed by atoms with Crippen LogP contribution in [0.3, 0.4) is 0 Å². The molecule has 1 saturated carbocycles. The van der Waals surface area contributed by atoms with E-state index in [1.54, 1.807) is 6.07 Å². The Morgan fingerprint density at radius 1 is 0.875 bits per heavy atom. The Bertz CT molecular complexity index is 859. The minimum atomic E-state index is -0.231. The van der Waals surface area contributed by atoms with Crippen LogP contribution in [0.5, 0.6) is 5.75 Å². The number of hydrogen-bond acceptors (Lipinski definition) is 2. The Morgan fingerprint density at radius 2 is 1.56 bits per heavy atom. The van der Waals surface area contributed by atoms with E-state index in [4.69, 9.17) is 9.47 Å². The molecule has 1 aliphatic heterocycles. The van der Waals surface area contributed by atoms with Crippen LogP contribution < -0.4 is 4.74 Å². The lowest BCUT2D eigenvalue weighted by Crippen LogP contribution is -2.20. The Hall–Kier alpha value is -1.87. The van der Waals surface area contributed by atoms with E-state index in [1.807, 2.05) is 19.9 Å². The standard InChI is InChI=1S/C29H39FO2/c1-4-6-21-7-9-22(10-8-21)23-11-13-24(14-12-23)27-17-15-25(19-32-27)26-16-18-28(31-5-2)29(30)20(26)3/h11-14,16,18,21-22,25,27H,4-10,15,17,19H2,1-3H3. The fourth-order valence-electron chi connectivity index (χ4n) is 5.82. The quantitative estimate of drug-likeness (QED) is 0.433. The minimum absolute atomic E-state index is 0.147. The Kier molecular flexibility index (Phi) is 7.88. The maximum atomic E-state index is 14.6. The fourth-order valence-corrected chi connectivity index (χ4v) is 5.82. The van der Waals surface area contributed by atoms with Gasteiger partial charge in [0.25, 0.3) is 0 Å². The normalized spacial score (nSPS) is 26.1. The molecule has 0 N–H and O–H groups in total. The third kappa shape index (κ3) is 5.20. The third-order valence-corrected chi connectivity index (χ3v) is 7.73. The summed E-state index contributed by atoms with van der Waals surface area (Å²) in [7, 11) is 0. The molecule has 2 nitrogen and oxygen atoms in total. The van der Waals surface area contributed by atoms with E-state index in [1.165, 1.54) is 49.7 Å². The molecule has 0 radical (unpaired) electrons. The van der Waals surface area contributed by atoms with Crippen LogP contribution in [0.2, 0.25) is 0 Å². The molecular formula is C29H39FO2. The van der Waals surface area contributed by atoms with E-state index in [0.29, 0.717) is 24.5 Å². The van der Waals surface area contributed by atoms with Crippen LogP contribution in [0.1, 0.15) is 105 Å². The first kappa shape index (κ1) is 23.3. The van der Waals surface area contributed by atoms with E-state index < -0.39 is 0 Å². The summed E-state index contributed by atoms with van der Waals surface area (Å²) in [5.74, 6) is 2.04. The van der Waals surface area contributed by atoms with Gasteiger partial charge in [-0.1, -0.05) is 50.1 Å². The molecule has 3 heteroatoms. The van der Waals surface area contributed by atoms with Crippen molar-refractivity contribution in [3.05, 3.63) is 64.5 Å². The molecule has 0 spiro atoms. The van der Waals surface area contributed by atoms with Gasteiger partial charge in [0.05, 0.1) is 19.3 Å². The molecule has 32 heavy (non-hydrogen) atoms. The monoisotopic (exact) mass is 438 g/mol. The first-order valence-electron chi connectivity index (χ1n) is 12.7. The summed E-state index contributed by atoms with van der Waals surface area (Å²) in [5.41, 5.74) is 4.53. The summed E-state index contributed by atoms with van der Waals surface area (Å²) < 4.78 is 26.3. The largest absolute Gasteiger partial charge is 0.491 e. The Morgan fingerprint density at radius 3 is 2.19 bits per heavy atom. The van der Waals surface area contributed by atoms with E-state index in [0.717, 1.165) is 30.2 Å². The maximum absolute atomic E-state index is 14.6. The zero-order chi connectivity index (χ0) is 22.5. The highest BCUT2D eigenvalue weighted by Crippen LogP contribution is 2.40. The SMILES string of the molecule is CCCC1CCC(c2ccc(C3CCC(c4ccc(OCC)c(F)c4C)CO3)cc2)CC1. The average molecular weight is 439 g/mol. The molecule has 2 unspecified atom stereocenters. The molecule has 0 aromatic heterocycles. The predicted molar refractivity (Wildman–Crippen MR) is 129 cm³/mol. The zero-order valence-corrected chi connectivity index (χ0v) is 20.0. The van der Waals surface area contributed by atoms with Crippen molar-refractivity contribution in [3.8, 4) is 5.75 Å². The maximum Gasteiger partial charge on any atom is 0.168 e. The highest BCUT2D eigenvalue weighted by atomic mass is 19.1. The predicted octanol–water partition coefficient (Wildman–Crippen LogP) is 8.24. The lowest BCUT2D eigenvalue weighted by Gasteiger charge is -2.31. The smallest absolute Gasteiger partial charge is 0.168 e. The highest BCUT2D eigenvalue weighted by molar-refractivity contribution is 5.39. The summed E-state index contributed by atoms with van der Waals surface area (Å²) in [4.78, 5) is 0. The Balaban J connectivity index is 1.33. The zero-order valence-electron chi connectivity index (χ0n) is 20.0. The van der Waals surface area contributed by atoms with Gasteiger partial charge in [0.15, 0.2) is 11.6 Å². The van der Waals surface area contributed by atoms with Crippen LogP contribution in [0.15, 0.2) is 36.4 Å². The topological polar surface area (TPSA) is 18.5 Å². The van der Waals surface area contributed by atoms with Crippen molar-refractivity contribution in [1.29, 1.82) is 0 Å². The van der Waals surface area contributed by atoms with Crippen molar-refractivity contribution in [2.24, 2.45) is 5.92 Å². The molecule has 2 aromatic rings. The van der Waals surface area contributed by atoms with Crippen LogP contribution in [0.25, 0.3) is 0 Å². The van der Waals surface area contributed by atoms with Crippen LogP contribution in [0, 0.1) is 18.7 Å². The van der Waals surface area contributed by atoms with Gasteiger partial charge in [-0.2, -0.15) is 0 Å². The second kappa shape index (κ2) is 10.8. The number of benzene rings is 2. The molecule has 1 aliphatic carbocycles. The van der Waals surface area contributed by atoms with E-state index in [2.05, 4.69) is 31.2 Å². The lowest BCUT2D eigenvalue weighted by molar-refractivity contribution is 0.00218. The average Bonchev–Trinajstić information content (AvgIpc) is 2.83. The van der Waals surface area contributed by atoms with Crippen molar-refractivity contribution in [1.82, 2.24) is 0 Å².